The van der Waals surface area contributed by atoms with Gasteiger partial charge in [0.05, 0.1) is 7.11 Å². The zero-order chi connectivity index (χ0) is 15.5. The van der Waals surface area contributed by atoms with Gasteiger partial charge in [-0.15, -0.1) is 5.10 Å². The van der Waals surface area contributed by atoms with Crippen molar-refractivity contribution in [2.24, 2.45) is 5.10 Å². The van der Waals surface area contributed by atoms with Crippen molar-refractivity contribution in [2.45, 2.75) is 13.2 Å². The van der Waals surface area contributed by atoms with Crippen LogP contribution in [0.5, 0.6) is 5.75 Å². The largest absolute Gasteiger partial charge is 0.497 e. The highest BCUT2D eigenvalue weighted by Crippen LogP contribution is 2.30. The number of hydrazone groups is 1. The van der Waals surface area contributed by atoms with Crippen molar-refractivity contribution < 1.29 is 14.3 Å². The molecule has 0 radical (unpaired) electrons. The summed E-state index contributed by atoms with van der Waals surface area (Å²) >= 11 is 0. The zero-order valence-electron chi connectivity index (χ0n) is 12.3. The van der Waals surface area contributed by atoms with Gasteiger partial charge in [0.15, 0.2) is 0 Å². The fourth-order valence-corrected chi connectivity index (χ4v) is 2.16. The molecule has 3 rings (SSSR count). The number of pyridine rings is 1. The summed E-state index contributed by atoms with van der Waals surface area (Å²) in [6.45, 7) is 1.46. The molecular formula is C16H15N3O3. The number of amides is 1. The Hall–Kier alpha value is -2.89. The third-order valence-corrected chi connectivity index (χ3v) is 3.29. The van der Waals surface area contributed by atoms with Crippen LogP contribution in [0.2, 0.25) is 0 Å². The molecule has 1 aromatic carbocycles. The molecule has 22 heavy (non-hydrogen) atoms. The van der Waals surface area contributed by atoms with Gasteiger partial charge in [-0.2, -0.15) is 5.01 Å². The first-order valence-corrected chi connectivity index (χ1v) is 6.78. The van der Waals surface area contributed by atoms with E-state index in [2.05, 4.69) is 10.1 Å². The van der Waals surface area contributed by atoms with Crippen LogP contribution < -0.4 is 4.74 Å². The van der Waals surface area contributed by atoms with Gasteiger partial charge in [-0.3, -0.25) is 9.78 Å². The van der Waals surface area contributed by atoms with E-state index in [1.54, 1.807) is 31.6 Å². The first-order valence-electron chi connectivity index (χ1n) is 6.78. The predicted molar refractivity (Wildman–Crippen MR) is 80.1 cm³/mol. The molecule has 112 valence electrons. The minimum absolute atomic E-state index is 0.190. The minimum Gasteiger partial charge on any atom is -0.497 e. The molecule has 1 amide bonds. The summed E-state index contributed by atoms with van der Waals surface area (Å²) in [6, 6.07) is 10.9. The molecule has 2 heterocycles. The van der Waals surface area contributed by atoms with Gasteiger partial charge in [-0.05, 0) is 36.4 Å². The molecular weight excluding hydrogens is 282 g/mol. The first-order chi connectivity index (χ1) is 10.7. The number of ether oxygens (including phenoxy) is 2. The molecule has 1 aliphatic heterocycles. The maximum Gasteiger partial charge on any atom is 0.243 e. The Bertz CT molecular complexity index is 698. The fraction of sp³-hybridized carbons (Fsp3) is 0.188. The fourth-order valence-electron chi connectivity index (χ4n) is 2.16. The van der Waals surface area contributed by atoms with Gasteiger partial charge in [0.1, 0.15) is 5.75 Å². The van der Waals surface area contributed by atoms with Crippen molar-refractivity contribution >= 4 is 11.8 Å². The minimum atomic E-state index is -0.572. The molecule has 0 N–H and O–H groups in total. The summed E-state index contributed by atoms with van der Waals surface area (Å²) in [7, 11) is 1.61. The molecule has 1 aliphatic rings. The van der Waals surface area contributed by atoms with Crippen LogP contribution in [-0.2, 0) is 9.53 Å². The van der Waals surface area contributed by atoms with Crippen LogP contribution in [-0.4, -0.2) is 28.9 Å². The van der Waals surface area contributed by atoms with Gasteiger partial charge < -0.3 is 9.47 Å². The van der Waals surface area contributed by atoms with E-state index < -0.39 is 6.23 Å². The highest BCUT2D eigenvalue weighted by atomic mass is 16.5. The monoisotopic (exact) mass is 297 g/mol. The molecule has 0 saturated carbocycles. The van der Waals surface area contributed by atoms with Crippen molar-refractivity contribution in [3.05, 3.63) is 59.9 Å². The Morgan fingerprint density at radius 3 is 2.45 bits per heavy atom. The summed E-state index contributed by atoms with van der Waals surface area (Å²) in [5, 5.41) is 5.62. The quantitative estimate of drug-likeness (QED) is 0.872. The smallest absolute Gasteiger partial charge is 0.243 e. The third kappa shape index (κ3) is 2.63. The second-order valence-corrected chi connectivity index (χ2v) is 4.75. The molecule has 1 aromatic heterocycles. The topological polar surface area (TPSA) is 64.0 Å². The molecule has 1 unspecified atom stereocenters. The molecule has 6 heteroatoms. The number of benzene rings is 1. The highest BCUT2D eigenvalue weighted by molar-refractivity contribution is 5.96. The highest BCUT2D eigenvalue weighted by Gasteiger charge is 2.32. The van der Waals surface area contributed by atoms with E-state index in [1.165, 1.54) is 11.9 Å². The Labute approximate surface area is 128 Å². The average molecular weight is 297 g/mol. The van der Waals surface area contributed by atoms with Crippen molar-refractivity contribution in [2.75, 3.05) is 7.11 Å². The van der Waals surface area contributed by atoms with Gasteiger partial charge in [0, 0.05) is 30.4 Å². The molecule has 0 saturated heterocycles. The van der Waals surface area contributed by atoms with Crippen molar-refractivity contribution in [3.63, 3.8) is 0 Å². The standard InChI is InChI=1S/C16H15N3O3/c1-11(20)19-16(13-7-9-17-10-8-13)22-15(18-19)12-3-5-14(21-2)6-4-12/h3-10,16H,1-2H3. The number of nitrogens with zero attached hydrogens (tertiary/aromatic N) is 3. The lowest BCUT2D eigenvalue weighted by molar-refractivity contribution is -0.135. The second-order valence-electron chi connectivity index (χ2n) is 4.75. The first kappa shape index (κ1) is 14.1. The van der Waals surface area contributed by atoms with E-state index >= 15 is 0 Å². The maximum absolute atomic E-state index is 11.8. The van der Waals surface area contributed by atoms with Crippen LogP contribution in [0, 0.1) is 0 Å². The van der Waals surface area contributed by atoms with Crippen LogP contribution in [0.15, 0.2) is 53.9 Å². The summed E-state index contributed by atoms with van der Waals surface area (Å²) in [5.41, 5.74) is 1.60. The SMILES string of the molecule is COc1ccc(C2=NN(C(C)=O)C(c3ccncc3)O2)cc1. The lowest BCUT2D eigenvalue weighted by Crippen LogP contribution is -2.25. The predicted octanol–water partition coefficient (Wildman–Crippen LogP) is 2.33. The Kier molecular flexibility index (Phi) is 3.74. The van der Waals surface area contributed by atoms with Crippen molar-refractivity contribution in [1.82, 2.24) is 9.99 Å². The van der Waals surface area contributed by atoms with E-state index in [0.29, 0.717) is 5.90 Å². The third-order valence-electron chi connectivity index (χ3n) is 3.29. The van der Waals surface area contributed by atoms with Gasteiger partial charge in [-0.25, -0.2) is 0 Å². The van der Waals surface area contributed by atoms with E-state index in [1.807, 2.05) is 24.3 Å². The Morgan fingerprint density at radius 2 is 1.86 bits per heavy atom. The molecule has 1 atom stereocenters. The zero-order valence-corrected chi connectivity index (χ0v) is 12.3. The van der Waals surface area contributed by atoms with E-state index in [9.17, 15) is 4.79 Å². The van der Waals surface area contributed by atoms with Crippen LogP contribution in [0.25, 0.3) is 0 Å². The lowest BCUT2D eigenvalue weighted by atomic mass is 10.2. The number of aromatic nitrogens is 1. The molecule has 6 nitrogen and oxygen atoms in total. The van der Waals surface area contributed by atoms with Crippen molar-refractivity contribution in [3.8, 4) is 5.75 Å². The summed E-state index contributed by atoms with van der Waals surface area (Å²) in [5.74, 6) is 0.960. The Morgan fingerprint density at radius 1 is 1.18 bits per heavy atom. The number of methoxy groups -OCH3 is 1. The summed E-state index contributed by atoms with van der Waals surface area (Å²) in [4.78, 5) is 15.8. The van der Waals surface area contributed by atoms with Gasteiger partial charge in [0.25, 0.3) is 0 Å². The van der Waals surface area contributed by atoms with Crippen LogP contribution in [0.1, 0.15) is 24.3 Å². The van der Waals surface area contributed by atoms with E-state index in [-0.39, 0.29) is 5.91 Å². The Balaban J connectivity index is 1.90. The summed E-state index contributed by atoms with van der Waals surface area (Å²) < 4.78 is 11.0. The number of hydrogen-bond donors (Lipinski definition) is 0. The number of rotatable bonds is 3. The number of carbonyl (C=O) groups is 1. The summed E-state index contributed by atoms with van der Waals surface area (Å²) in [6.07, 6.45) is 2.74. The second kappa shape index (κ2) is 5.85. The molecule has 0 spiro atoms. The lowest BCUT2D eigenvalue weighted by Gasteiger charge is -2.18. The molecule has 0 fully saturated rings. The van der Waals surface area contributed by atoms with E-state index in [0.717, 1.165) is 16.9 Å². The van der Waals surface area contributed by atoms with Gasteiger partial charge in [-0.1, -0.05) is 0 Å². The van der Waals surface area contributed by atoms with Crippen molar-refractivity contribution in [1.29, 1.82) is 0 Å². The van der Waals surface area contributed by atoms with Crippen LogP contribution in [0.3, 0.4) is 0 Å². The number of carbonyl (C=O) groups excluding carboxylic acids is 1. The average Bonchev–Trinajstić information content (AvgIpc) is 3.01. The van der Waals surface area contributed by atoms with Gasteiger partial charge >= 0.3 is 0 Å². The normalized spacial score (nSPS) is 16.9. The van der Waals surface area contributed by atoms with Crippen LogP contribution >= 0.6 is 0 Å². The van der Waals surface area contributed by atoms with Gasteiger partial charge in [0.2, 0.25) is 18.0 Å². The molecule has 2 aromatic rings. The molecule has 0 aliphatic carbocycles. The van der Waals surface area contributed by atoms with Crippen LogP contribution in [0.4, 0.5) is 0 Å². The maximum atomic E-state index is 11.8. The number of hydrogen-bond acceptors (Lipinski definition) is 5. The van der Waals surface area contributed by atoms with E-state index in [4.69, 9.17) is 9.47 Å². The molecule has 0 bridgehead atoms.